The summed E-state index contributed by atoms with van der Waals surface area (Å²) in [7, 11) is 1.86. The first-order valence-corrected chi connectivity index (χ1v) is 9.32. The predicted octanol–water partition coefficient (Wildman–Crippen LogP) is 2.39. The van der Waals surface area contributed by atoms with Crippen molar-refractivity contribution in [2.45, 2.75) is 12.2 Å². The van der Waals surface area contributed by atoms with E-state index in [0.29, 0.717) is 17.3 Å². The van der Waals surface area contributed by atoms with Crippen LogP contribution in [0.4, 0.5) is 5.82 Å². The Kier molecular flexibility index (Phi) is 4.23. The number of nitrogens with one attached hydrogen (secondary N) is 1. The number of carboxylic acids is 1. The molecule has 27 heavy (non-hydrogen) atoms. The largest absolute Gasteiger partial charge is 0.478 e. The van der Waals surface area contributed by atoms with Crippen molar-refractivity contribution in [2.24, 2.45) is 7.05 Å². The molecule has 4 rings (SSSR count). The average Bonchev–Trinajstić information content (AvgIpc) is 3.15. The number of aromatic nitrogens is 4. The predicted molar refractivity (Wildman–Crippen MR) is 101 cm³/mol. The Morgan fingerprint density at radius 3 is 2.70 bits per heavy atom. The van der Waals surface area contributed by atoms with Crippen LogP contribution in [0.15, 0.2) is 36.7 Å². The molecule has 0 unspecified atom stereocenters. The average molecular weight is 383 g/mol. The van der Waals surface area contributed by atoms with Gasteiger partial charge in [-0.2, -0.15) is 10.2 Å². The second-order valence-electron chi connectivity index (χ2n) is 6.30. The van der Waals surface area contributed by atoms with Gasteiger partial charge in [0.05, 0.1) is 34.1 Å². The number of thioether (sulfide) groups is 1. The second-order valence-corrected chi connectivity index (χ2v) is 7.39. The van der Waals surface area contributed by atoms with Crippen LogP contribution in [0, 0.1) is 6.92 Å². The minimum absolute atomic E-state index is 0.0697. The van der Waals surface area contributed by atoms with Crippen LogP contribution in [-0.4, -0.2) is 42.3 Å². The summed E-state index contributed by atoms with van der Waals surface area (Å²) in [4.78, 5) is 23.4. The summed E-state index contributed by atoms with van der Waals surface area (Å²) in [5.41, 5.74) is 3.61. The van der Waals surface area contributed by atoms with Crippen LogP contribution in [0.5, 0.6) is 0 Å². The highest BCUT2D eigenvalue weighted by Gasteiger charge is 2.31. The third kappa shape index (κ3) is 3.10. The summed E-state index contributed by atoms with van der Waals surface area (Å²) in [5.74, 6) is -0.153. The Balaban J connectivity index is 1.84. The molecule has 8 nitrogen and oxygen atoms in total. The lowest BCUT2D eigenvalue weighted by Crippen LogP contribution is -2.15. The Labute approximate surface area is 159 Å². The van der Waals surface area contributed by atoms with Crippen molar-refractivity contribution in [1.82, 2.24) is 19.6 Å². The molecule has 2 N–H and O–H groups in total. The van der Waals surface area contributed by atoms with Gasteiger partial charge < -0.3 is 10.4 Å². The van der Waals surface area contributed by atoms with Gasteiger partial charge in [0.2, 0.25) is 5.91 Å². The van der Waals surface area contributed by atoms with Crippen LogP contribution in [0.2, 0.25) is 0 Å². The molecule has 0 fully saturated rings. The number of amides is 1. The second kappa shape index (κ2) is 6.58. The van der Waals surface area contributed by atoms with Crippen molar-refractivity contribution in [3.05, 3.63) is 59.0 Å². The molecule has 138 valence electrons. The molecule has 1 aromatic carbocycles. The SMILES string of the molecule is Cc1nn(-c2ccc(C(=O)O)cc2)c2c1[C@@H](c1cnn(C)c1)SCC(=O)N2. The van der Waals surface area contributed by atoms with Gasteiger partial charge in [-0.15, -0.1) is 11.8 Å². The first-order chi connectivity index (χ1) is 12.9. The maximum atomic E-state index is 12.3. The number of aromatic carboxylic acids is 1. The molecular formula is C18H17N5O3S. The zero-order valence-electron chi connectivity index (χ0n) is 14.7. The number of carbonyl (C=O) groups excluding carboxylic acids is 1. The molecule has 3 aromatic rings. The first-order valence-electron chi connectivity index (χ1n) is 8.27. The van der Waals surface area contributed by atoms with Gasteiger partial charge in [0.1, 0.15) is 5.82 Å². The van der Waals surface area contributed by atoms with E-state index < -0.39 is 5.97 Å². The summed E-state index contributed by atoms with van der Waals surface area (Å²) in [5, 5.41) is 20.8. The van der Waals surface area contributed by atoms with E-state index in [1.165, 1.54) is 23.9 Å². The number of carbonyl (C=O) groups is 2. The summed E-state index contributed by atoms with van der Waals surface area (Å²) >= 11 is 1.53. The maximum Gasteiger partial charge on any atom is 0.335 e. The van der Waals surface area contributed by atoms with Crippen molar-refractivity contribution in [3.8, 4) is 5.69 Å². The summed E-state index contributed by atoms with van der Waals surface area (Å²) in [6.07, 6.45) is 3.74. The van der Waals surface area contributed by atoms with Gasteiger partial charge >= 0.3 is 5.97 Å². The summed E-state index contributed by atoms with van der Waals surface area (Å²) in [6, 6.07) is 6.40. The molecule has 1 amide bonds. The molecule has 0 bridgehead atoms. The molecule has 1 aliphatic heterocycles. The highest BCUT2D eigenvalue weighted by atomic mass is 32.2. The minimum atomic E-state index is -0.988. The topological polar surface area (TPSA) is 102 Å². The van der Waals surface area contributed by atoms with Gasteiger partial charge in [-0.1, -0.05) is 0 Å². The number of aryl methyl sites for hydroxylation is 2. The van der Waals surface area contributed by atoms with E-state index in [1.807, 2.05) is 20.2 Å². The smallest absolute Gasteiger partial charge is 0.335 e. The van der Waals surface area contributed by atoms with Crippen molar-refractivity contribution >= 4 is 29.5 Å². The molecule has 0 aliphatic carbocycles. The number of hydrogen-bond donors (Lipinski definition) is 2. The number of nitrogens with zero attached hydrogens (tertiary/aromatic N) is 4. The first kappa shape index (κ1) is 17.3. The molecule has 3 heterocycles. The van der Waals surface area contributed by atoms with E-state index in [0.717, 1.165) is 16.8 Å². The van der Waals surface area contributed by atoms with Crippen molar-refractivity contribution in [2.75, 3.05) is 11.1 Å². The van der Waals surface area contributed by atoms with E-state index in [4.69, 9.17) is 5.11 Å². The lowest BCUT2D eigenvalue weighted by molar-refractivity contribution is -0.113. The number of benzene rings is 1. The third-order valence-electron chi connectivity index (χ3n) is 4.39. The number of anilines is 1. The van der Waals surface area contributed by atoms with Crippen molar-refractivity contribution in [1.29, 1.82) is 0 Å². The third-order valence-corrected chi connectivity index (χ3v) is 5.66. The molecule has 0 saturated carbocycles. The highest BCUT2D eigenvalue weighted by molar-refractivity contribution is 8.00. The standard InChI is InChI=1S/C18H17N5O3S/c1-10-15-16(12-7-19-22(2)8-12)27-9-14(24)20-17(15)23(21-10)13-5-3-11(4-6-13)18(25)26/h3-8,16H,9H2,1-2H3,(H,20,24)(H,25,26)/t16-/m1/s1. The van der Waals surface area contributed by atoms with Gasteiger partial charge in [-0.05, 0) is 31.2 Å². The van der Waals surface area contributed by atoms with Crippen LogP contribution >= 0.6 is 11.8 Å². The van der Waals surface area contributed by atoms with Gasteiger partial charge in [0, 0.05) is 24.4 Å². The number of fused-ring (bicyclic) bond motifs is 1. The zero-order valence-corrected chi connectivity index (χ0v) is 15.5. The van der Waals surface area contributed by atoms with Gasteiger partial charge in [0.25, 0.3) is 0 Å². The van der Waals surface area contributed by atoms with Crippen LogP contribution in [0.1, 0.15) is 32.4 Å². The molecule has 0 spiro atoms. The van der Waals surface area contributed by atoms with Gasteiger partial charge in [-0.25, -0.2) is 9.48 Å². The van der Waals surface area contributed by atoms with Crippen LogP contribution < -0.4 is 5.32 Å². The molecule has 0 saturated heterocycles. The highest BCUT2D eigenvalue weighted by Crippen LogP contribution is 2.43. The molecule has 2 aromatic heterocycles. The van der Waals surface area contributed by atoms with E-state index >= 15 is 0 Å². The summed E-state index contributed by atoms with van der Waals surface area (Å²) < 4.78 is 3.39. The molecule has 0 radical (unpaired) electrons. The van der Waals surface area contributed by atoms with E-state index in [-0.39, 0.29) is 16.7 Å². The molecular weight excluding hydrogens is 366 g/mol. The van der Waals surface area contributed by atoms with E-state index in [9.17, 15) is 9.59 Å². The van der Waals surface area contributed by atoms with Gasteiger partial charge in [-0.3, -0.25) is 9.48 Å². The van der Waals surface area contributed by atoms with Crippen molar-refractivity contribution < 1.29 is 14.7 Å². The molecule has 1 aliphatic rings. The molecule has 1 atom stereocenters. The van der Waals surface area contributed by atoms with Crippen LogP contribution in [0.25, 0.3) is 5.69 Å². The van der Waals surface area contributed by atoms with E-state index in [1.54, 1.807) is 27.7 Å². The Bertz CT molecular complexity index is 1040. The quantitative estimate of drug-likeness (QED) is 0.720. The number of rotatable bonds is 3. The monoisotopic (exact) mass is 383 g/mol. The van der Waals surface area contributed by atoms with E-state index in [2.05, 4.69) is 15.5 Å². The zero-order chi connectivity index (χ0) is 19.1. The Morgan fingerprint density at radius 2 is 2.07 bits per heavy atom. The lowest BCUT2D eigenvalue weighted by atomic mass is 10.1. The fourth-order valence-corrected chi connectivity index (χ4v) is 4.31. The summed E-state index contributed by atoms with van der Waals surface area (Å²) in [6.45, 7) is 1.91. The fraction of sp³-hybridized carbons (Fsp3) is 0.222. The van der Waals surface area contributed by atoms with Crippen LogP contribution in [-0.2, 0) is 11.8 Å². The fourth-order valence-electron chi connectivity index (χ4n) is 3.15. The Hall–Kier alpha value is -3.07. The number of hydrogen-bond acceptors (Lipinski definition) is 5. The van der Waals surface area contributed by atoms with Crippen LogP contribution in [0.3, 0.4) is 0 Å². The normalized spacial score (nSPS) is 16.5. The van der Waals surface area contributed by atoms with Crippen molar-refractivity contribution in [3.63, 3.8) is 0 Å². The molecule has 9 heteroatoms. The Morgan fingerprint density at radius 1 is 1.33 bits per heavy atom. The minimum Gasteiger partial charge on any atom is -0.478 e. The number of carboxylic acid groups (broad SMARTS) is 1. The lowest BCUT2D eigenvalue weighted by Gasteiger charge is -2.13. The van der Waals surface area contributed by atoms with Gasteiger partial charge in [0.15, 0.2) is 0 Å². The maximum absolute atomic E-state index is 12.3.